The van der Waals surface area contributed by atoms with E-state index < -0.39 is 0 Å². The molecule has 2 rings (SSSR count). The summed E-state index contributed by atoms with van der Waals surface area (Å²) in [5, 5.41) is 3.00. The molecule has 1 aliphatic carbocycles. The van der Waals surface area contributed by atoms with Gasteiger partial charge in [0.05, 0.1) is 7.11 Å². The summed E-state index contributed by atoms with van der Waals surface area (Å²) in [6.07, 6.45) is 4.03. The molecule has 1 aliphatic rings. The summed E-state index contributed by atoms with van der Waals surface area (Å²) < 4.78 is 5.34. The number of rotatable bonds is 4. The summed E-state index contributed by atoms with van der Waals surface area (Å²) in [5.41, 5.74) is 0. The molecule has 0 radical (unpaired) electrons. The number of nitrogens with one attached hydrogen (secondary N) is 1. The lowest BCUT2D eigenvalue weighted by Gasteiger charge is -2.20. The summed E-state index contributed by atoms with van der Waals surface area (Å²) in [7, 11) is 5.51. The van der Waals surface area contributed by atoms with Crippen molar-refractivity contribution in [3.63, 3.8) is 0 Å². The Labute approximate surface area is 89.5 Å². The molecular formula is C10H16N4O. The Balaban J connectivity index is 2.35. The Kier molecular flexibility index (Phi) is 2.62. The van der Waals surface area contributed by atoms with Crippen LogP contribution in [-0.2, 0) is 0 Å². The molecule has 1 aromatic rings. The molecule has 0 bridgehead atoms. The van der Waals surface area contributed by atoms with Gasteiger partial charge >= 0.3 is 0 Å². The Morgan fingerprint density at radius 1 is 1.47 bits per heavy atom. The van der Waals surface area contributed by atoms with E-state index in [0.717, 1.165) is 17.4 Å². The van der Waals surface area contributed by atoms with Gasteiger partial charge < -0.3 is 15.0 Å². The third kappa shape index (κ3) is 1.82. The molecule has 0 unspecified atom stereocenters. The molecule has 15 heavy (non-hydrogen) atoms. The second kappa shape index (κ2) is 3.92. The smallest absolute Gasteiger partial charge is 0.204 e. The van der Waals surface area contributed by atoms with E-state index in [9.17, 15) is 0 Å². The highest BCUT2D eigenvalue weighted by molar-refractivity contribution is 5.64. The summed E-state index contributed by atoms with van der Waals surface area (Å²) >= 11 is 0. The minimum absolute atomic E-state index is 0.610. The van der Waals surface area contributed by atoms with Crippen LogP contribution in [-0.4, -0.2) is 37.2 Å². The Morgan fingerprint density at radius 2 is 2.20 bits per heavy atom. The van der Waals surface area contributed by atoms with E-state index in [4.69, 9.17) is 4.74 Å². The first-order valence-corrected chi connectivity index (χ1v) is 5.07. The predicted molar refractivity (Wildman–Crippen MR) is 59.6 cm³/mol. The van der Waals surface area contributed by atoms with Gasteiger partial charge in [-0.15, -0.1) is 0 Å². The SMILES string of the molecule is CNc1ncnc(N(C)C2CC2)c1OC. The Morgan fingerprint density at radius 3 is 2.73 bits per heavy atom. The third-order valence-electron chi connectivity index (χ3n) is 2.65. The van der Waals surface area contributed by atoms with Crippen LogP contribution in [0.2, 0.25) is 0 Å². The predicted octanol–water partition coefficient (Wildman–Crippen LogP) is 1.13. The fourth-order valence-corrected chi connectivity index (χ4v) is 1.62. The highest BCUT2D eigenvalue weighted by atomic mass is 16.5. The van der Waals surface area contributed by atoms with Gasteiger partial charge in [0.15, 0.2) is 11.6 Å². The van der Waals surface area contributed by atoms with Gasteiger partial charge in [0.1, 0.15) is 6.33 Å². The molecule has 0 aromatic carbocycles. The van der Waals surface area contributed by atoms with E-state index >= 15 is 0 Å². The molecule has 1 saturated carbocycles. The fourth-order valence-electron chi connectivity index (χ4n) is 1.62. The minimum atomic E-state index is 0.610. The largest absolute Gasteiger partial charge is 0.490 e. The lowest BCUT2D eigenvalue weighted by atomic mass is 10.4. The van der Waals surface area contributed by atoms with Crippen LogP contribution in [0.4, 0.5) is 11.6 Å². The van der Waals surface area contributed by atoms with E-state index in [0.29, 0.717) is 6.04 Å². The molecule has 5 heteroatoms. The van der Waals surface area contributed by atoms with Crippen molar-refractivity contribution in [1.82, 2.24) is 9.97 Å². The van der Waals surface area contributed by atoms with Crippen LogP contribution in [0, 0.1) is 0 Å². The average molecular weight is 208 g/mol. The van der Waals surface area contributed by atoms with Crippen LogP contribution < -0.4 is 15.0 Å². The van der Waals surface area contributed by atoms with Crippen LogP contribution in [0.25, 0.3) is 0 Å². The van der Waals surface area contributed by atoms with Crippen molar-refractivity contribution < 1.29 is 4.74 Å². The normalized spacial score (nSPS) is 14.9. The van der Waals surface area contributed by atoms with Gasteiger partial charge in [-0.2, -0.15) is 0 Å². The molecule has 0 spiro atoms. The van der Waals surface area contributed by atoms with Crippen LogP contribution in [0.5, 0.6) is 5.75 Å². The zero-order valence-electron chi connectivity index (χ0n) is 9.32. The summed E-state index contributed by atoms with van der Waals surface area (Å²) in [4.78, 5) is 10.5. The minimum Gasteiger partial charge on any atom is -0.490 e. The molecule has 5 nitrogen and oxygen atoms in total. The maximum absolute atomic E-state index is 5.34. The quantitative estimate of drug-likeness (QED) is 0.803. The van der Waals surface area contributed by atoms with Crippen LogP contribution >= 0.6 is 0 Å². The molecule has 0 atom stereocenters. The van der Waals surface area contributed by atoms with E-state index in [1.165, 1.54) is 12.8 Å². The van der Waals surface area contributed by atoms with Crippen molar-refractivity contribution in [2.24, 2.45) is 0 Å². The van der Waals surface area contributed by atoms with Crippen LogP contribution in [0.15, 0.2) is 6.33 Å². The second-order valence-corrected chi connectivity index (χ2v) is 3.67. The molecular weight excluding hydrogens is 192 g/mol. The van der Waals surface area contributed by atoms with Crippen molar-refractivity contribution in [1.29, 1.82) is 0 Å². The van der Waals surface area contributed by atoms with E-state index in [-0.39, 0.29) is 0 Å². The molecule has 1 fully saturated rings. The average Bonchev–Trinajstić information content (AvgIpc) is 3.10. The maximum Gasteiger partial charge on any atom is 0.204 e. The summed E-state index contributed by atoms with van der Waals surface area (Å²) in [6, 6.07) is 0.610. The van der Waals surface area contributed by atoms with Crippen molar-refractivity contribution in [2.45, 2.75) is 18.9 Å². The molecule has 82 valence electrons. The van der Waals surface area contributed by atoms with Gasteiger partial charge in [-0.3, -0.25) is 0 Å². The number of hydrogen-bond donors (Lipinski definition) is 1. The van der Waals surface area contributed by atoms with Crippen molar-refractivity contribution in [2.75, 3.05) is 31.4 Å². The van der Waals surface area contributed by atoms with Gasteiger partial charge in [0, 0.05) is 20.1 Å². The Hall–Kier alpha value is -1.52. The van der Waals surface area contributed by atoms with E-state index in [1.807, 2.05) is 14.1 Å². The van der Waals surface area contributed by atoms with Crippen LogP contribution in [0.1, 0.15) is 12.8 Å². The number of methoxy groups -OCH3 is 1. The fraction of sp³-hybridized carbons (Fsp3) is 0.600. The van der Waals surface area contributed by atoms with Crippen molar-refractivity contribution >= 4 is 11.6 Å². The first kappa shape index (κ1) is 10.0. The first-order chi connectivity index (χ1) is 7.27. The zero-order valence-corrected chi connectivity index (χ0v) is 9.32. The standard InChI is InChI=1S/C10H16N4O/c1-11-9-8(15-3)10(13-6-12-9)14(2)7-4-5-7/h6-7H,4-5H2,1-3H3,(H,11,12,13). The third-order valence-corrected chi connectivity index (χ3v) is 2.65. The number of anilines is 2. The summed E-state index contributed by atoms with van der Waals surface area (Å²) in [5.74, 6) is 2.31. The molecule has 1 aromatic heterocycles. The first-order valence-electron chi connectivity index (χ1n) is 5.07. The highest BCUT2D eigenvalue weighted by Gasteiger charge is 2.29. The van der Waals surface area contributed by atoms with Crippen LogP contribution in [0.3, 0.4) is 0 Å². The van der Waals surface area contributed by atoms with Gasteiger partial charge in [0.25, 0.3) is 0 Å². The monoisotopic (exact) mass is 208 g/mol. The molecule has 1 heterocycles. The topological polar surface area (TPSA) is 50.3 Å². The van der Waals surface area contributed by atoms with Crippen molar-refractivity contribution in [3.05, 3.63) is 6.33 Å². The molecule has 0 saturated heterocycles. The van der Waals surface area contributed by atoms with Crippen molar-refractivity contribution in [3.8, 4) is 5.75 Å². The number of ether oxygens (including phenoxy) is 1. The van der Waals surface area contributed by atoms with E-state index in [1.54, 1.807) is 13.4 Å². The Bertz CT molecular complexity index is 351. The lowest BCUT2D eigenvalue weighted by molar-refractivity contribution is 0.413. The molecule has 1 N–H and O–H groups in total. The van der Waals surface area contributed by atoms with Gasteiger partial charge in [-0.05, 0) is 12.8 Å². The molecule has 0 amide bonds. The maximum atomic E-state index is 5.34. The number of hydrogen-bond acceptors (Lipinski definition) is 5. The number of nitrogens with zero attached hydrogens (tertiary/aromatic N) is 3. The van der Waals surface area contributed by atoms with Gasteiger partial charge in [-0.1, -0.05) is 0 Å². The van der Waals surface area contributed by atoms with E-state index in [2.05, 4.69) is 20.2 Å². The second-order valence-electron chi connectivity index (χ2n) is 3.67. The highest BCUT2D eigenvalue weighted by Crippen LogP contribution is 2.36. The molecule has 0 aliphatic heterocycles. The van der Waals surface area contributed by atoms with Gasteiger partial charge in [0.2, 0.25) is 5.75 Å². The van der Waals surface area contributed by atoms with Gasteiger partial charge in [-0.25, -0.2) is 9.97 Å². The lowest BCUT2D eigenvalue weighted by Crippen LogP contribution is -2.22. The number of aromatic nitrogens is 2. The zero-order chi connectivity index (χ0) is 10.8. The summed E-state index contributed by atoms with van der Waals surface area (Å²) in [6.45, 7) is 0.